The molecule has 0 bridgehead atoms. The van der Waals surface area contributed by atoms with Crippen LogP contribution < -0.4 is 10.0 Å². The molecule has 2 N–H and O–H groups in total. The molecule has 8 heteroatoms. The van der Waals surface area contributed by atoms with Crippen LogP contribution in [0.5, 0.6) is 0 Å². The fraction of sp³-hybridized carbons (Fsp3) is 0.0833. The van der Waals surface area contributed by atoms with Gasteiger partial charge < -0.3 is 5.73 Å². The van der Waals surface area contributed by atoms with E-state index >= 15 is 0 Å². The van der Waals surface area contributed by atoms with Crippen molar-refractivity contribution in [2.24, 2.45) is 0 Å². The lowest BCUT2D eigenvalue weighted by Gasteiger charge is -2.20. The Morgan fingerprint density at radius 2 is 1.80 bits per heavy atom. The van der Waals surface area contributed by atoms with Crippen molar-refractivity contribution in [3.63, 3.8) is 0 Å². The summed E-state index contributed by atoms with van der Waals surface area (Å²) in [5.41, 5.74) is 6.14. The van der Waals surface area contributed by atoms with E-state index in [4.69, 9.17) is 5.73 Å². The van der Waals surface area contributed by atoms with Gasteiger partial charge in [-0.05, 0) is 56.1 Å². The lowest BCUT2D eigenvalue weighted by atomic mass is 10.3. The maximum absolute atomic E-state index is 12.7. The predicted molar refractivity (Wildman–Crippen MR) is 86.1 cm³/mol. The molecule has 5 nitrogen and oxygen atoms in total. The van der Waals surface area contributed by atoms with E-state index in [1.165, 1.54) is 13.2 Å². The third-order valence-electron chi connectivity index (χ3n) is 2.61. The Balaban J connectivity index is 2.57. The molecule has 0 saturated carbocycles. The van der Waals surface area contributed by atoms with E-state index < -0.39 is 10.0 Å². The van der Waals surface area contributed by atoms with Gasteiger partial charge in [0.1, 0.15) is 10.7 Å². The first-order valence-electron chi connectivity index (χ1n) is 5.48. The molecule has 2 aromatic rings. The number of benzene rings is 1. The van der Waals surface area contributed by atoms with Crippen molar-refractivity contribution in [1.82, 2.24) is 4.98 Å². The number of aromatic nitrogens is 1. The fourth-order valence-corrected chi connectivity index (χ4v) is 5.31. The number of sulfonamides is 1. The van der Waals surface area contributed by atoms with Gasteiger partial charge in [-0.2, -0.15) is 0 Å². The van der Waals surface area contributed by atoms with E-state index in [9.17, 15) is 8.42 Å². The first-order valence-corrected chi connectivity index (χ1v) is 8.51. The van der Waals surface area contributed by atoms with Gasteiger partial charge in [0, 0.05) is 27.9 Å². The first kappa shape index (κ1) is 15.3. The van der Waals surface area contributed by atoms with Crippen LogP contribution in [0.1, 0.15) is 0 Å². The second-order valence-electron chi connectivity index (χ2n) is 3.97. The highest BCUT2D eigenvalue weighted by Crippen LogP contribution is 2.34. The normalized spacial score (nSPS) is 11.3. The third-order valence-corrected chi connectivity index (χ3v) is 6.25. The summed E-state index contributed by atoms with van der Waals surface area (Å²) in [6.45, 7) is 0. The van der Waals surface area contributed by atoms with Crippen molar-refractivity contribution in [1.29, 1.82) is 0 Å². The summed E-state index contributed by atoms with van der Waals surface area (Å²) in [6.07, 6.45) is 1.54. The van der Waals surface area contributed by atoms with Crippen LogP contribution in [-0.4, -0.2) is 20.4 Å². The zero-order chi connectivity index (χ0) is 14.9. The van der Waals surface area contributed by atoms with Gasteiger partial charge in [0.05, 0.1) is 0 Å². The van der Waals surface area contributed by atoms with Crippen LogP contribution in [0.25, 0.3) is 0 Å². The zero-order valence-corrected chi connectivity index (χ0v) is 14.4. The second-order valence-corrected chi connectivity index (χ2v) is 7.59. The standard InChI is InChI=1S/C12H11Br2N3O2S/c1-17(11-4-2-3-5-16-11)20(18,19)12-9(13)6-8(15)7-10(12)14/h2-7H,15H2,1H3. The number of nitrogen functional groups attached to an aromatic ring is 1. The van der Waals surface area contributed by atoms with Crippen LogP contribution in [0.15, 0.2) is 50.4 Å². The smallest absolute Gasteiger partial charge is 0.267 e. The van der Waals surface area contributed by atoms with Gasteiger partial charge in [-0.1, -0.05) is 6.07 Å². The molecule has 0 aliphatic heterocycles. The average Bonchev–Trinajstić information content (AvgIpc) is 2.37. The molecule has 0 unspecified atom stereocenters. The number of pyridine rings is 1. The number of halogens is 2. The maximum atomic E-state index is 12.7. The highest BCUT2D eigenvalue weighted by Gasteiger charge is 2.27. The van der Waals surface area contributed by atoms with E-state index in [1.807, 2.05) is 0 Å². The summed E-state index contributed by atoms with van der Waals surface area (Å²) in [4.78, 5) is 4.15. The van der Waals surface area contributed by atoms with E-state index in [-0.39, 0.29) is 4.90 Å². The largest absolute Gasteiger partial charge is 0.399 e. The molecule has 1 aromatic heterocycles. The number of rotatable bonds is 3. The minimum atomic E-state index is -3.75. The van der Waals surface area contributed by atoms with Gasteiger partial charge in [0.15, 0.2) is 0 Å². The molecule has 0 aliphatic rings. The zero-order valence-electron chi connectivity index (χ0n) is 10.4. The van der Waals surface area contributed by atoms with E-state index in [0.29, 0.717) is 20.5 Å². The summed E-state index contributed by atoms with van der Waals surface area (Å²) < 4.78 is 27.3. The van der Waals surface area contributed by atoms with E-state index in [2.05, 4.69) is 36.8 Å². The van der Waals surface area contributed by atoms with Crippen LogP contribution >= 0.6 is 31.9 Å². The third kappa shape index (κ3) is 2.82. The van der Waals surface area contributed by atoms with Crippen molar-refractivity contribution < 1.29 is 8.42 Å². The van der Waals surface area contributed by atoms with Gasteiger partial charge in [-0.3, -0.25) is 4.31 Å². The molecular formula is C12H11Br2N3O2S. The molecule has 0 radical (unpaired) electrons. The van der Waals surface area contributed by atoms with Gasteiger partial charge in [-0.25, -0.2) is 13.4 Å². The number of nitrogens with zero attached hydrogens (tertiary/aromatic N) is 2. The van der Waals surface area contributed by atoms with Gasteiger partial charge >= 0.3 is 0 Å². The highest BCUT2D eigenvalue weighted by atomic mass is 79.9. The Kier molecular flexibility index (Phi) is 4.36. The minimum Gasteiger partial charge on any atom is -0.399 e. The molecule has 0 aliphatic carbocycles. The molecule has 2 rings (SSSR count). The second kappa shape index (κ2) is 5.71. The summed E-state index contributed by atoms with van der Waals surface area (Å²) in [5.74, 6) is 0.336. The SMILES string of the molecule is CN(c1ccccn1)S(=O)(=O)c1c(Br)cc(N)cc1Br. The Morgan fingerprint density at radius 1 is 1.20 bits per heavy atom. The lowest BCUT2D eigenvalue weighted by molar-refractivity contribution is 0.593. The number of hydrogen-bond acceptors (Lipinski definition) is 4. The molecule has 0 spiro atoms. The molecule has 1 aromatic carbocycles. The maximum Gasteiger partial charge on any atom is 0.267 e. The molecule has 20 heavy (non-hydrogen) atoms. The van der Waals surface area contributed by atoms with Crippen molar-refractivity contribution in [3.05, 3.63) is 45.5 Å². The molecule has 1 heterocycles. The summed E-state index contributed by atoms with van der Waals surface area (Å²) >= 11 is 6.48. The average molecular weight is 421 g/mol. The van der Waals surface area contributed by atoms with Gasteiger partial charge in [-0.15, -0.1) is 0 Å². The monoisotopic (exact) mass is 419 g/mol. The van der Waals surface area contributed by atoms with E-state index in [0.717, 1.165) is 4.31 Å². The van der Waals surface area contributed by atoms with Gasteiger partial charge in [0.25, 0.3) is 10.0 Å². The fourth-order valence-electron chi connectivity index (χ4n) is 1.63. The predicted octanol–water partition coefficient (Wildman–Crippen LogP) is 3.01. The van der Waals surface area contributed by atoms with Crippen LogP contribution in [0, 0.1) is 0 Å². The molecule has 0 fully saturated rings. The van der Waals surface area contributed by atoms with Crippen LogP contribution in [0.3, 0.4) is 0 Å². The first-order chi connectivity index (χ1) is 9.34. The van der Waals surface area contributed by atoms with Crippen molar-refractivity contribution in [2.45, 2.75) is 4.90 Å². The topological polar surface area (TPSA) is 76.3 Å². The van der Waals surface area contributed by atoms with Crippen LogP contribution in [0.4, 0.5) is 11.5 Å². The number of nitrogens with two attached hydrogens (primary N) is 1. The molecular weight excluding hydrogens is 410 g/mol. The molecule has 0 amide bonds. The van der Waals surface area contributed by atoms with Gasteiger partial charge in [0.2, 0.25) is 0 Å². The Morgan fingerprint density at radius 3 is 2.30 bits per heavy atom. The van der Waals surface area contributed by atoms with Crippen molar-refractivity contribution >= 4 is 53.4 Å². The Hall–Kier alpha value is -1.12. The van der Waals surface area contributed by atoms with Crippen molar-refractivity contribution in [3.8, 4) is 0 Å². The van der Waals surface area contributed by atoms with Crippen LogP contribution in [0.2, 0.25) is 0 Å². The number of anilines is 2. The van der Waals surface area contributed by atoms with Crippen molar-refractivity contribution in [2.75, 3.05) is 17.1 Å². The summed E-state index contributed by atoms with van der Waals surface area (Å²) in [7, 11) is -2.30. The minimum absolute atomic E-state index is 0.111. The summed E-state index contributed by atoms with van der Waals surface area (Å²) in [5, 5.41) is 0. The Bertz CT molecular complexity index is 713. The summed E-state index contributed by atoms with van der Waals surface area (Å²) in [6, 6.07) is 8.16. The number of hydrogen-bond donors (Lipinski definition) is 1. The Labute approximate surface area is 134 Å². The molecule has 0 saturated heterocycles. The van der Waals surface area contributed by atoms with E-state index in [1.54, 1.807) is 30.3 Å². The highest BCUT2D eigenvalue weighted by molar-refractivity contribution is 9.11. The molecule has 106 valence electrons. The molecule has 0 atom stereocenters. The van der Waals surface area contributed by atoms with Crippen LogP contribution in [-0.2, 0) is 10.0 Å². The quantitative estimate of drug-likeness (QED) is 0.774. The lowest BCUT2D eigenvalue weighted by Crippen LogP contribution is -2.28.